The van der Waals surface area contributed by atoms with Crippen LogP contribution < -0.4 is 4.90 Å². The van der Waals surface area contributed by atoms with Crippen LogP contribution in [0.5, 0.6) is 0 Å². The normalized spacial score (nSPS) is 9.56. The molecule has 1 rings (SSSR count). The van der Waals surface area contributed by atoms with Crippen molar-refractivity contribution >= 4 is 27.7 Å². The molecule has 0 spiro atoms. The molecule has 0 saturated carbocycles. The second-order valence-corrected chi connectivity index (χ2v) is 3.96. The van der Waals surface area contributed by atoms with Crippen molar-refractivity contribution in [3.05, 3.63) is 22.3 Å². The third kappa shape index (κ3) is 2.74. The maximum absolute atomic E-state index is 11.1. The molecule has 0 aliphatic carbocycles. The topological polar surface area (TPSA) is 53.4 Å². The highest BCUT2D eigenvalue weighted by Crippen LogP contribution is 2.21. The van der Waals surface area contributed by atoms with E-state index in [9.17, 15) is 4.79 Å². The first kappa shape index (κ1) is 12.5. The van der Waals surface area contributed by atoms with E-state index in [1.165, 1.54) is 6.07 Å². The zero-order valence-electron chi connectivity index (χ0n) is 8.77. The molecule has 1 aromatic rings. The summed E-state index contributed by atoms with van der Waals surface area (Å²) in [6.07, 6.45) is 6.78. The summed E-state index contributed by atoms with van der Waals surface area (Å²) in [6.45, 7) is 2.84. The summed E-state index contributed by atoms with van der Waals surface area (Å²) >= 11 is 3.19. The van der Waals surface area contributed by atoms with E-state index in [4.69, 9.17) is 11.5 Å². The molecule has 1 heterocycles. The molecule has 0 atom stereocenters. The number of anilines is 1. The van der Waals surface area contributed by atoms with Gasteiger partial charge in [-0.05, 0) is 28.9 Å². The van der Waals surface area contributed by atoms with Gasteiger partial charge in [-0.15, -0.1) is 6.42 Å². The van der Waals surface area contributed by atoms with Crippen molar-refractivity contribution in [3.8, 4) is 12.3 Å². The van der Waals surface area contributed by atoms with E-state index >= 15 is 0 Å². The Labute approximate surface area is 102 Å². The Kier molecular flexibility index (Phi) is 4.32. The molecule has 0 bridgehead atoms. The molecule has 1 N–H and O–H groups in total. The van der Waals surface area contributed by atoms with E-state index < -0.39 is 5.97 Å². The molecule has 0 fully saturated rings. The van der Waals surface area contributed by atoms with Gasteiger partial charge in [0, 0.05) is 17.2 Å². The Balaban J connectivity index is 3.21. The number of carboxylic acids is 1. The number of aromatic carboxylic acids is 1. The van der Waals surface area contributed by atoms with E-state index in [-0.39, 0.29) is 5.56 Å². The standard InChI is InChI=1S/C11H11BrN2O2/c1-3-5-14(4-2)10-9(11(15)16)6-8(12)7-13-10/h1,6-7H,4-5H2,2H3,(H,15,16). The summed E-state index contributed by atoms with van der Waals surface area (Å²) < 4.78 is 0.630. The number of nitrogens with zero attached hydrogens (tertiary/aromatic N) is 2. The molecule has 0 saturated heterocycles. The Hall–Kier alpha value is -1.54. The first-order chi connectivity index (χ1) is 7.60. The van der Waals surface area contributed by atoms with Gasteiger partial charge in [0.2, 0.25) is 0 Å². The van der Waals surface area contributed by atoms with E-state index in [0.29, 0.717) is 23.4 Å². The lowest BCUT2D eigenvalue weighted by Gasteiger charge is -2.20. The van der Waals surface area contributed by atoms with Crippen molar-refractivity contribution in [1.82, 2.24) is 4.98 Å². The minimum Gasteiger partial charge on any atom is -0.478 e. The number of halogens is 1. The molecule has 0 aromatic carbocycles. The van der Waals surface area contributed by atoms with Gasteiger partial charge in [0.25, 0.3) is 0 Å². The molecular weight excluding hydrogens is 272 g/mol. The van der Waals surface area contributed by atoms with Crippen molar-refractivity contribution in [1.29, 1.82) is 0 Å². The van der Waals surface area contributed by atoms with Crippen molar-refractivity contribution in [3.63, 3.8) is 0 Å². The highest BCUT2D eigenvalue weighted by atomic mass is 79.9. The van der Waals surface area contributed by atoms with Gasteiger partial charge in [-0.25, -0.2) is 9.78 Å². The summed E-state index contributed by atoms with van der Waals surface area (Å²) in [5, 5.41) is 9.06. The van der Waals surface area contributed by atoms with Crippen molar-refractivity contribution in [2.24, 2.45) is 0 Å². The SMILES string of the molecule is C#CCN(CC)c1ncc(Br)cc1C(=O)O. The predicted octanol–water partition coefficient (Wildman–Crippen LogP) is 2.00. The van der Waals surface area contributed by atoms with Crippen LogP contribution in [0, 0.1) is 12.3 Å². The lowest BCUT2D eigenvalue weighted by atomic mass is 10.2. The second-order valence-electron chi connectivity index (χ2n) is 3.05. The van der Waals surface area contributed by atoms with Crippen molar-refractivity contribution in [2.75, 3.05) is 18.0 Å². The van der Waals surface area contributed by atoms with Gasteiger partial charge in [-0.1, -0.05) is 5.92 Å². The maximum Gasteiger partial charge on any atom is 0.339 e. The minimum atomic E-state index is -1.01. The summed E-state index contributed by atoms with van der Waals surface area (Å²) in [7, 11) is 0. The zero-order valence-corrected chi connectivity index (χ0v) is 10.4. The van der Waals surface area contributed by atoms with Crippen LogP contribution in [0.1, 0.15) is 17.3 Å². The number of carbonyl (C=O) groups is 1. The van der Waals surface area contributed by atoms with Crippen LogP contribution in [0.25, 0.3) is 0 Å². The van der Waals surface area contributed by atoms with Crippen molar-refractivity contribution < 1.29 is 9.90 Å². The van der Waals surface area contributed by atoms with E-state index in [1.807, 2.05) is 6.92 Å². The lowest BCUT2D eigenvalue weighted by Crippen LogP contribution is -2.26. The van der Waals surface area contributed by atoms with Crippen LogP contribution in [0.4, 0.5) is 5.82 Å². The molecule has 0 aliphatic rings. The highest BCUT2D eigenvalue weighted by molar-refractivity contribution is 9.10. The largest absolute Gasteiger partial charge is 0.478 e. The van der Waals surface area contributed by atoms with Gasteiger partial charge in [0.1, 0.15) is 11.4 Å². The van der Waals surface area contributed by atoms with Crippen LogP contribution in [-0.2, 0) is 0 Å². The summed E-state index contributed by atoms with van der Waals surface area (Å²) in [4.78, 5) is 16.9. The average Bonchev–Trinajstić information content (AvgIpc) is 2.26. The smallest absolute Gasteiger partial charge is 0.339 e. The van der Waals surface area contributed by atoms with Crippen LogP contribution >= 0.6 is 15.9 Å². The molecule has 0 amide bonds. The van der Waals surface area contributed by atoms with Gasteiger partial charge in [0.15, 0.2) is 0 Å². The van der Waals surface area contributed by atoms with Gasteiger partial charge < -0.3 is 10.0 Å². The first-order valence-electron chi connectivity index (χ1n) is 4.67. The number of terminal acetylenes is 1. The van der Waals surface area contributed by atoms with E-state index in [2.05, 4.69) is 26.8 Å². The summed E-state index contributed by atoms with van der Waals surface area (Å²) in [6, 6.07) is 1.52. The number of hydrogen-bond acceptors (Lipinski definition) is 3. The fourth-order valence-corrected chi connectivity index (χ4v) is 1.62. The van der Waals surface area contributed by atoms with Gasteiger partial charge in [0.05, 0.1) is 6.54 Å². The predicted molar refractivity (Wildman–Crippen MR) is 65.6 cm³/mol. The van der Waals surface area contributed by atoms with Crippen LogP contribution in [0.15, 0.2) is 16.7 Å². The number of aromatic nitrogens is 1. The van der Waals surface area contributed by atoms with Gasteiger partial charge in [-0.2, -0.15) is 0 Å². The second kappa shape index (κ2) is 5.52. The number of hydrogen-bond donors (Lipinski definition) is 1. The number of carboxylic acid groups (broad SMARTS) is 1. The van der Waals surface area contributed by atoms with Crippen LogP contribution in [0.3, 0.4) is 0 Å². The zero-order chi connectivity index (χ0) is 12.1. The van der Waals surface area contributed by atoms with Gasteiger partial charge in [-0.3, -0.25) is 0 Å². The first-order valence-corrected chi connectivity index (χ1v) is 5.46. The number of pyridine rings is 1. The molecule has 4 nitrogen and oxygen atoms in total. The quantitative estimate of drug-likeness (QED) is 0.859. The molecule has 0 unspecified atom stereocenters. The van der Waals surface area contributed by atoms with Crippen LogP contribution in [-0.4, -0.2) is 29.1 Å². The van der Waals surface area contributed by atoms with Crippen molar-refractivity contribution in [2.45, 2.75) is 6.92 Å². The third-order valence-electron chi connectivity index (χ3n) is 2.03. The van der Waals surface area contributed by atoms with Gasteiger partial charge >= 0.3 is 5.97 Å². The molecule has 0 aliphatic heterocycles. The maximum atomic E-state index is 11.1. The van der Waals surface area contributed by atoms with E-state index in [1.54, 1.807) is 11.1 Å². The number of rotatable bonds is 4. The molecule has 84 valence electrons. The Morgan fingerprint density at radius 2 is 2.44 bits per heavy atom. The monoisotopic (exact) mass is 282 g/mol. The summed E-state index contributed by atoms with van der Waals surface area (Å²) in [5.74, 6) is 1.86. The fourth-order valence-electron chi connectivity index (χ4n) is 1.29. The Morgan fingerprint density at radius 3 is 2.94 bits per heavy atom. The van der Waals surface area contributed by atoms with E-state index in [0.717, 1.165) is 0 Å². The fraction of sp³-hybridized carbons (Fsp3) is 0.273. The molecule has 5 heteroatoms. The molecule has 1 aromatic heterocycles. The Morgan fingerprint density at radius 1 is 1.75 bits per heavy atom. The molecule has 0 radical (unpaired) electrons. The third-order valence-corrected chi connectivity index (χ3v) is 2.46. The highest BCUT2D eigenvalue weighted by Gasteiger charge is 2.16. The lowest BCUT2D eigenvalue weighted by molar-refractivity contribution is 0.0697. The molecular formula is C11H11BrN2O2. The van der Waals surface area contributed by atoms with Crippen LogP contribution in [0.2, 0.25) is 0 Å². The average molecular weight is 283 g/mol. The molecule has 16 heavy (non-hydrogen) atoms. The summed E-state index contributed by atoms with van der Waals surface area (Å²) in [5.41, 5.74) is 0.145. The minimum absolute atomic E-state index is 0.145. The Bertz CT molecular complexity index is 440.